The van der Waals surface area contributed by atoms with Gasteiger partial charge in [-0.1, -0.05) is 43.3 Å². The molecule has 0 amide bonds. The third-order valence-corrected chi connectivity index (χ3v) is 6.00. The molecule has 0 aromatic heterocycles. The van der Waals surface area contributed by atoms with Crippen LogP contribution in [0, 0.1) is 0 Å². The fourth-order valence-corrected chi connectivity index (χ4v) is 4.30. The molecule has 0 aliphatic heterocycles. The fourth-order valence-electron chi connectivity index (χ4n) is 4.30. The average molecular weight is 465 g/mol. The van der Waals surface area contributed by atoms with E-state index in [9.17, 15) is 25.5 Å². The second-order valence-corrected chi connectivity index (χ2v) is 7.85. The molecule has 184 valence electrons. The molecule has 0 fully saturated rings. The molecule has 8 nitrogen and oxygen atoms in total. The molecule has 0 saturated carbocycles. The minimum atomic E-state index is -1.94. The van der Waals surface area contributed by atoms with Crippen molar-refractivity contribution in [2.45, 2.75) is 63.1 Å². The van der Waals surface area contributed by atoms with Crippen LogP contribution in [0.4, 0.5) is 0 Å². The Morgan fingerprint density at radius 2 is 1.15 bits per heavy atom. The van der Waals surface area contributed by atoms with Crippen molar-refractivity contribution < 1.29 is 40.1 Å². The Hall–Kier alpha value is -2.20. The number of rotatable bonds is 13. The second kappa shape index (κ2) is 12.3. The fraction of sp³-hybridized carbons (Fsp3) is 0.520. The predicted octanol–water partition coefficient (Wildman–Crippen LogP) is 0.977. The number of aliphatic hydroxyl groups is 6. The monoisotopic (exact) mass is 464 g/mol. The van der Waals surface area contributed by atoms with E-state index in [2.05, 4.69) is 0 Å². The van der Waals surface area contributed by atoms with Crippen LogP contribution >= 0.6 is 0 Å². The topological polar surface area (TPSA) is 140 Å². The molecule has 0 aliphatic carbocycles. The van der Waals surface area contributed by atoms with Crippen LogP contribution in [0.25, 0.3) is 0 Å². The molecule has 0 bridgehead atoms. The van der Waals surface area contributed by atoms with Gasteiger partial charge in [0.25, 0.3) is 0 Å². The Bertz CT molecular complexity index is 808. The predicted molar refractivity (Wildman–Crippen MR) is 123 cm³/mol. The first-order valence-corrected chi connectivity index (χ1v) is 11.3. The third-order valence-electron chi connectivity index (χ3n) is 6.00. The summed E-state index contributed by atoms with van der Waals surface area (Å²) in [4.78, 5) is 0. The van der Waals surface area contributed by atoms with Gasteiger partial charge in [-0.2, -0.15) is 0 Å². The summed E-state index contributed by atoms with van der Waals surface area (Å²) in [5.74, 6) is 0.981. The van der Waals surface area contributed by atoms with Crippen LogP contribution in [0.3, 0.4) is 0 Å². The standard InChI is InChI=1S/C25H36O8/c1-4-25(16-11-7-9-13-19(16)32-5-2,17-12-8-10-14-20(17)33-6-3)24(31)23(30)22(29)21(28)18(27)15-26/h7-14,18,21-24,26-31H,4-6,15H2,1-3H3/t18-,21+,22-,23-,24?/m0/s1. The van der Waals surface area contributed by atoms with Crippen molar-refractivity contribution in [3.63, 3.8) is 0 Å². The molecule has 8 heteroatoms. The zero-order valence-corrected chi connectivity index (χ0v) is 19.3. The van der Waals surface area contributed by atoms with Gasteiger partial charge in [0.05, 0.1) is 31.3 Å². The molecule has 33 heavy (non-hydrogen) atoms. The van der Waals surface area contributed by atoms with E-state index in [0.717, 1.165) is 0 Å². The Morgan fingerprint density at radius 3 is 1.55 bits per heavy atom. The van der Waals surface area contributed by atoms with Gasteiger partial charge in [0.1, 0.15) is 35.9 Å². The lowest BCUT2D eigenvalue weighted by Crippen LogP contribution is -2.56. The average Bonchev–Trinajstić information content (AvgIpc) is 2.84. The summed E-state index contributed by atoms with van der Waals surface area (Å²) >= 11 is 0. The van der Waals surface area contributed by atoms with Gasteiger partial charge >= 0.3 is 0 Å². The van der Waals surface area contributed by atoms with Crippen molar-refractivity contribution in [3.05, 3.63) is 59.7 Å². The quantitative estimate of drug-likeness (QED) is 0.258. The lowest BCUT2D eigenvalue weighted by molar-refractivity contribution is -0.150. The number of benzene rings is 2. The first-order valence-electron chi connectivity index (χ1n) is 11.3. The van der Waals surface area contributed by atoms with Gasteiger partial charge in [-0.25, -0.2) is 0 Å². The molecule has 0 aliphatic rings. The van der Waals surface area contributed by atoms with E-state index in [4.69, 9.17) is 14.6 Å². The zero-order chi connectivity index (χ0) is 24.6. The van der Waals surface area contributed by atoms with Crippen LogP contribution in [0.2, 0.25) is 0 Å². The Balaban J connectivity index is 2.75. The van der Waals surface area contributed by atoms with Crippen LogP contribution in [0.1, 0.15) is 38.3 Å². The number of para-hydroxylation sites is 2. The van der Waals surface area contributed by atoms with E-state index in [-0.39, 0.29) is 6.42 Å². The summed E-state index contributed by atoms with van der Waals surface area (Å²) in [6.45, 7) is 5.41. The smallest absolute Gasteiger partial charge is 0.123 e. The van der Waals surface area contributed by atoms with Crippen LogP contribution < -0.4 is 9.47 Å². The van der Waals surface area contributed by atoms with E-state index in [1.54, 1.807) is 48.5 Å². The SMILES string of the molecule is CCOc1ccccc1C(CC)(c1ccccc1OCC)C(O)[C@@H](O)[C@@H](O)[C@H](O)[C@@H](O)CO. The molecule has 2 aromatic rings. The lowest BCUT2D eigenvalue weighted by Gasteiger charge is -2.43. The van der Waals surface area contributed by atoms with Crippen LogP contribution in [-0.2, 0) is 5.41 Å². The molecule has 2 rings (SSSR count). The molecule has 0 radical (unpaired) electrons. The van der Waals surface area contributed by atoms with Crippen molar-refractivity contribution in [2.24, 2.45) is 0 Å². The van der Waals surface area contributed by atoms with Gasteiger partial charge < -0.3 is 40.1 Å². The summed E-state index contributed by atoms with van der Waals surface area (Å²) in [6.07, 6.45) is -8.77. The Kier molecular flexibility index (Phi) is 10.1. The Labute approximate surface area is 194 Å². The summed E-state index contributed by atoms with van der Waals surface area (Å²) in [7, 11) is 0. The van der Waals surface area contributed by atoms with Crippen LogP contribution in [0.5, 0.6) is 11.5 Å². The van der Waals surface area contributed by atoms with Crippen LogP contribution in [-0.4, -0.2) is 81.0 Å². The van der Waals surface area contributed by atoms with Crippen molar-refractivity contribution >= 4 is 0 Å². The van der Waals surface area contributed by atoms with Gasteiger partial charge in [-0.05, 0) is 32.4 Å². The van der Waals surface area contributed by atoms with Gasteiger partial charge in [0, 0.05) is 11.1 Å². The van der Waals surface area contributed by atoms with E-state index in [1.807, 2.05) is 20.8 Å². The highest BCUT2D eigenvalue weighted by molar-refractivity contribution is 5.53. The Morgan fingerprint density at radius 1 is 0.697 bits per heavy atom. The van der Waals surface area contributed by atoms with Crippen molar-refractivity contribution in [3.8, 4) is 11.5 Å². The van der Waals surface area contributed by atoms with Crippen molar-refractivity contribution in [2.75, 3.05) is 19.8 Å². The van der Waals surface area contributed by atoms with Crippen LogP contribution in [0.15, 0.2) is 48.5 Å². The molecular formula is C25H36O8. The maximum atomic E-state index is 11.6. The number of hydrogen-bond acceptors (Lipinski definition) is 8. The van der Waals surface area contributed by atoms with Gasteiger partial charge in [0.2, 0.25) is 0 Å². The molecule has 1 unspecified atom stereocenters. The largest absolute Gasteiger partial charge is 0.494 e. The molecule has 0 spiro atoms. The summed E-state index contributed by atoms with van der Waals surface area (Å²) in [5.41, 5.74) is -0.183. The van der Waals surface area contributed by atoms with E-state index < -0.39 is 42.5 Å². The van der Waals surface area contributed by atoms with Gasteiger partial charge in [0.15, 0.2) is 0 Å². The van der Waals surface area contributed by atoms with E-state index >= 15 is 0 Å². The molecule has 2 aromatic carbocycles. The van der Waals surface area contributed by atoms with Crippen molar-refractivity contribution in [1.82, 2.24) is 0 Å². The summed E-state index contributed by atoms with van der Waals surface area (Å²) < 4.78 is 11.7. The maximum absolute atomic E-state index is 11.6. The molecule has 0 saturated heterocycles. The highest BCUT2D eigenvalue weighted by Crippen LogP contribution is 2.47. The molecule has 6 N–H and O–H groups in total. The minimum absolute atomic E-state index is 0.269. The van der Waals surface area contributed by atoms with Gasteiger partial charge in [-0.3, -0.25) is 0 Å². The number of aliphatic hydroxyl groups excluding tert-OH is 6. The molecule has 5 atom stereocenters. The van der Waals surface area contributed by atoms with Gasteiger partial charge in [-0.15, -0.1) is 0 Å². The molecule has 0 heterocycles. The highest BCUT2D eigenvalue weighted by atomic mass is 16.5. The first-order chi connectivity index (χ1) is 15.8. The third kappa shape index (κ3) is 5.48. The van der Waals surface area contributed by atoms with E-state index in [1.165, 1.54) is 0 Å². The molecular weight excluding hydrogens is 428 g/mol. The minimum Gasteiger partial charge on any atom is -0.494 e. The summed E-state index contributed by atoms with van der Waals surface area (Å²) in [6, 6.07) is 14.2. The summed E-state index contributed by atoms with van der Waals surface area (Å²) in [5, 5.41) is 62.2. The first kappa shape index (κ1) is 27.0. The van der Waals surface area contributed by atoms with Crippen molar-refractivity contribution in [1.29, 1.82) is 0 Å². The number of hydrogen-bond donors (Lipinski definition) is 6. The normalized spacial score (nSPS) is 16.5. The van der Waals surface area contributed by atoms with E-state index in [0.29, 0.717) is 35.8 Å². The zero-order valence-electron chi connectivity index (χ0n) is 19.3. The lowest BCUT2D eigenvalue weighted by atomic mass is 9.65. The second-order valence-electron chi connectivity index (χ2n) is 7.85. The number of ether oxygens (including phenoxy) is 2. The highest BCUT2D eigenvalue weighted by Gasteiger charge is 2.49. The maximum Gasteiger partial charge on any atom is 0.123 e.